The molecule has 1 fully saturated rings. The Morgan fingerprint density at radius 1 is 1.43 bits per heavy atom. The van der Waals surface area contributed by atoms with Gasteiger partial charge in [-0.25, -0.2) is 9.79 Å². The number of halogens is 3. The number of carboxylic acid groups (broad SMARTS) is 1. The van der Waals surface area contributed by atoms with Gasteiger partial charge in [-0.15, -0.1) is 11.8 Å². The van der Waals surface area contributed by atoms with Crippen LogP contribution in [0.1, 0.15) is 5.56 Å². The van der Waals surface area contributed by atoms with Gasteiger partial charge in [0.2, 0.25) is 5.91 Å². The van der Waals surface area contributed by atoms with E-state index >= 15 is 0 Å². The van der Waals surface area contributed by atoms with Crippen LogP contribution in [0.2, 0.25) is 0 Å². The van der Waals surface area contributed by atoms with E-state index in [1.165, 1.54) is 6.07 Å². The Bertz CT molecular complexity index is 616. The summed E-state index contributed by atoms with van der Waals surface area (Å²) in [5, 5.41) is 10.5. The van der Waals surface area contributed by atoms with Gasteiger partial charge in [0.1, 0.15) is 11.0 Å². The van der Waals surface area contributed by atoms with Crippen molar-refractivity contribution in [3.8, 4) is 0 Å². The molecule has 2 rings (SSSR count). The van der Waals surface area contributed by atoms with E-state index in [0.717, 1.165) is 30.0 Å². The maximum absolute atomic E-state index is 12.6. The number of benzene rings is 1. The second-order valence-corrected chi connectivity index (χ2v) is 5.18. The lowest BCUT2D eigenvalue weighted by atomic mass is 10.2. The van der Waals surface area contributed by atoms with Gasteiger partial charge >= 0.3 is 12.1 Å². The number of aliphatic imine (C=N–C) groups is 1. The minimum Gasteiger partial charge on any atom is -0.477 e. The Labute approximate surface area is 121 Å². The predicted octanol–water partition coefficient (Wildman–Crippen LogP) is 2.05. The first kappa shape index (κ1) is 15.4. The number of carbonyl (C=O) groups excluding carboxylic acids is 1. The Hall–Kier alpha value is -2.03. The van der Waals surface area contributed by atoms with E-state index in [2.05, 4.69) is 10.3 Å². The average molecular weight is 318 g/mol. The number of nitrogens with one attached hydrogen (secondary N) is 1. The molecule has 5 nitrogen and oxygen atoms in total. The molecule has 1 aromatic rings. The van der Waals surface area contributed by atoms with Gasteiger partial charge in [-0.3, -0.25) is 4.79 Å². The number of hydrogen-bond donors (Lipinski definition) is 2. The van der Waals surface area contributed by atoms with Crippen molar-refractivity contribution in [3.05, 3.63) is 29.8 Å². The Morgan fingerprint density at radius 3 is 2.67 bits per heavy atom. The van der Waals surface area contributed by atoms with E-state index in [0.29, 0.717) is 0 Å². The number of aliphatic carboxylic acids is 1. The Morgan fingerprint density at radius 2 is 2.14 bits per heavy atom. The zero-order valence-corrected chi connectivity index (χ0v) is 11.2. The highest BCUT2D eigenvalue weighted by molar-refractivity contribution is 8.01. The van der Waals surface area contributed by atoms with Crippen LogP contribution in [-0.4, -0.2) is 33.8 Å². The van der Waals surface area contributed by atoms with Crippen molar-refractivity contribution in [2.45, 2.75) is 11.4 Å². The van der Waals surface area contributed by atoms with Crippen LogP contribution in [0.25, 0.3) is 0 Å². The first-order chi connectivity index (χ1) is 9.79. The van der Waals surface area contributed by atoms with Gasteiger partial charge in [-0.2, -0.15) is 13.2 Å². The molecule has 1 aliphatic heterocycles. The highest BCUT2D eigenvalue weighted by atomic mass is 32.2. The number of alkyl halides is 3. The second-order valence-electron chi connectivity index (χ2n) is 4.08. The summed E-state index contributed by atoms with van der Waals surface area (Å²) >= 11 is 1.02. The van der Waals surface area contributed by atoms with Crippen LogP contribution in [0.3, 0.4) is 0 Å². The van der Waals surface area contributed by atoms with Crippen molar-refractivity contribution in [1.82, 2.24) is 5.32 Å². The van der Waals surface area contributed by atoms with Gasteiger partial charge in [0, 0.05) is 0 Å². The van der Waals surface area contributed by atoms with Crippen molar-refractivity contribution in [1.29, 1.82) is 0 Å². The summed E-state index contributed by atoms with van der Waals surface area (Å²) in [6, 6.07) is 3.97. The maximum Gasteiger partial charge on any atom is 0.416 e. The predicted molar refractivity (Wildman–Crippen MR) is 70.6 cm³/mol. The van der Waals surface area contributed by atoms with E-state index in [-0.39, 0.29) is 11.6 Å². The largest absolute Gasteiger partial charge is 0.477 e. The van der Waals surface area contributed by atoms with Crippen molar-refractivity contribution < 1.29 is 27.9 Å². The Balaban J connectivity index is 2.39. The second kappa shape index (κ2) is 5.76. The summed E-state index contributed by atoms with van der Waals surface area (Å²) in [5.74, 6) is -1.73. The van der Waals surface area contributed by atoms with E-state index in [4.69, 9.17) is 5.11 Å². The standard InChI is InChI=1S/C12H9F3N2O3S/c13-12(14,15)6-2-1-3-7(4-6)17-8(11(19)20)9-10(18)16-5-21-9/h1-4,9H,5H2,(H,16,18)(H,19,20). The number of thioether (sulfide) groups is 1. The van der Waals surface area contributed by atoms with Crippen LogP contribution < -0.4 is 5.32 Å². The molecule has 1 heterocycles. The van der Waals surface area contributed by atoms with Gasteiger partial charge in [-0.05, 0) is 18.2 Å². The van der Waals surface area contributed by atoms with Crippen LogP contribution in [-0.2, 0) is 15.8 Å². The number of amides is 1. The molecule has 1 aromatic carbocycles. The molecule has 2 N–H and O–H groups in total. The first-order valence-electron chi connectivity index (χ1n) is 5.67. The summed E-state index contributed by atoms with van der Waals surface area (Å²) in [5.41, 5.74) is -1.59. The smallest absolute Gasteiger partial charge is 0.416 e. The molecule has 1 amide bonds. The number of carbonyl (C=O) groups is 2. The minimum absolute atomic E-state index is 0.164. The molecule has 0 spiro atoms. The van der Waals surface area contributed by atoms with Crippen molar-refractivity contribution >= 4 is 35.0 Å². The number of rotatable bonds is 3. The molecule has 0 bridgehead atoms. The fourth-order valence-corrected chi connectivity index (χ4v) is 2.62. The first-order valence-corrected chi connectivity index (χ1v) is 6.72. The van der Waals surface area contributed by atoms with Gasteiger partial charge in [0.25, 0.3) is 0 Å². The minimum atomic E-state index is -4.55. The average Bonchev–Trinajstić information content (AvgIpc) is 2.81. The van der Waals surface area contributed by atoms with Crippen LogP contribution in [0, 0.1) is 0 Å². The molecule has 0 aliphatic carbocycles. The van der Waals surface area contributed by atoms with E-state index < -0.39 is 34.6 Å². The lowest BCUT2D eigenvalue weighted by molar-refractivity contribution is -0.137. The highest BCUT2D eigenvalue weighted by Crippen LogP contribution is 2.31. The third-order valence-corrected chi connectivity index (χ3v) is 3.71. The van der Waals surface area contributed by atoms with Gasteiger partial charge in [-0.1, -0.05) is 6.07 Å². The Kier molecular flexibility index (Phi) is 4.21. The van der Waals surface area contributed by atoms with Gasteiger partial charge < -0.3 is 10.4 Å². The highest BCUT2D eigenvalue weighted by Gasteiger charge is 2.34. The van der Waals surface area contributed by atoms with Gasteiger partial charge in [0.15, 0.2) is 0 Å². The third kappa shape index (κ3) is 3.54. The lowest BCUT2D eigenvalue weighted by Crippen LogP contribution is -2.33. The molecule has 21 heavy (non-hydrogen) atoms. The molecule has 9 heteroatoms. The third-order valence-electron chi connectivity index (χ3n) is 2.63. The SMILES string of the molecule is O=C(O)C(=Nc1cccc(C(F)(F)F)c1)C1SCNC1=O. The fourth-order valence-electron chi connectivity index (χ4n) is 1.68. The fraction of sp³-hybridized carbons (Fsp3) is 0.250. The molecule has 0 aromatic heterocycles. The maximum atomic E-state index is 12.6. The zero-order valence-electron chi connectivity index (χ0n) is 10.3. The van der Waals surface area contributed by atoms with Crippen LogP contribution >= 0.6 is 11.8 Å². The summed E-state index contributed by atoms with van der Waals surface area (Å²) < 4.78 is 37.8. The van der Waals surface area contributed by atoms with E-state index in [9.17, 15) is 22.8 Å². The summed E-state index contributed by atoms with van der Waals surface area (Å²) in [7, 11) is 0. The molecule has 1 atom stereocenters. The topological polar surface area (TPSA) is 78.8 Å². The molecule has 1 unspecified atom stereocenters. The molecular formula is C12H9F3N2O3S. The number of hydrogen-bond acceptors (Lipinski definition) is 4. The van der Waals surface area contributed by atoms with E-state index in [1.807, 2.05) is 0 Å². The zero-order chi connectivity index (χ0) is 15.6. The number of carboxylic acids is 1. The summed E-state index contributed by atoms with van der Waals surface area (Å²) in [6.45, 7) is 0. The van der Waals surface area contributed by atoms with Crippen molar-refractivity contribution in [2.24, 2.45) is 4.99 Å². The van der Waals surface area contributed by atoms with Crippen molar-refractivity contribution in [2.75, 3.05) is 5.88 Å². The summed E-state index contributed by atoms with van der Waals surface area (Å²) in [6.07, 6.45) is -4.55. The molecule has 0 radical (unpaired) electrons. The normalized spacial score (nSPS) is 19.5. The van der Waals surface area contributed by atoms with Gasteiger partial charge in [0.05, 0.1) is 17.1 Å². The summed E-state index contributed by atoms with van der Waals surface area (Å²) in [4.78, 5) is 26.4. The molecule has 0 saturated carbocycles. The van der Waals surface area contributed by atoms with Crippen LogP contribution in [0.4, 0.5) is 18.9 Å². The quantitative estimate of drug-likeness (QED) is 0.836. The monoisotopic (exact) mass is 318 g/mol. The number of nitrogens with zero attached hydrogens (tertiary/aromatic N) is 1. The van der Waals surface area contributed by atoms with Crippen LogP contribution in [0.5, 0.6) is 0 Å². The molecular weight excluding hydrogens is 309 g/mol. The van der Waals surface area contributed by atoms with E-state index in [1.54, 1.807) is 0 Å². The van der Waals surface area contributed by atoms with Crippen molar-refractivity contribution in [3.63, 3.8) is 0 Å². The molecule has 112 valence electrons. The lowest BCUT2D eigenvalue weighted by Gasteiger charge is -2.09. The molecule has 1 aliphatic rings. The molecule has 1 saturated heterocycles. The van der Waals surface area contributed by atoms with Crippen LogP contribution in [0.15, 0.2) is 29.3 Å².